The number of phenolic OH excluding ortho intramolecular Hbond substituents is 2. The number of ether oxygens (including phenoxy) is 2. The van der Waals surface area contributed by atoms with E-state index in [9.17, 15) is 30.3 Å². The number of carbonyl (C=O) groups is 1. The SMILES string of the molecule is O=C(O)c1cc(O)c(OC2OC(CO)C(O)[C@H](O)[C@H]2O)c(O)c1. The van der Waals surface area contributed by atoms with Crippen molar-refractivity contribution in [1.29, 1.82) is 0 Å². The maximum absolute atomic E-state index is 10.8. The topological polar surface area (TPSA) is 177 Å². The first-order valence-corrected chi connectivity index (χ1v) is 6.52. The molecule has 3 unspecified atom stereocenters. The van der Waals surface area contributed by atoms with Crippen LogP contribution in [0.1, 0.15) is 10.4 Å². The van der Waals surface area contributed by atoms with Crippen molar-refractivity contribution in [3.05, 3.63) is 17.7 Å². The molecule has 1 aliphatic heterocycles. The second-order valence-corrected chi connectivity index (χ2v) is 4.96. The molecule has 1 fully saturated rings. The molecular formula is C13H16O10. The summed E-state index contributed by atoms with van der Waals surface area (Å²) in [5, 5.41) is 66.4. The van der Waals surface area contributed by atoms with Crippen molar-refractivity contribution in [3.63, 3.8) is 0 Å². The highest BCUT2D eigenvalue weighted by molar-refractivity contribution is 5.89. The second kappa shape index (κ2) is 6.56. The van der Waals surface area contributed by atoms with E-state index >= 15 is 0 Å². The maximum Gasteiger partial charge on any atom is 0.335 e. The largest absolute Gasteiger partial charge is 0.504 e. The van der Waals surface area contributed by atoms with E-state index in [0.29, 0.717) is 0 Å². The lowest BCUT2D eigenvalue weighted by molar-refractivity contribution is -0.277. The molecule has 5 atom stereocenters. The van der Waals surface area contributed by atoms with E-state index in [0.717, 1.165) is 12.1 Å². The Balaban J connectivity index is 2.26. The Bertz CT molecular complexity index is 563. The van der Waals surface area contributed by atoms with Crippen molar-refractivity contribution < 1.29 is 50.0 Å². The third kappa shape index (κ3) is 3.30. The van der Waals surface area contributed by atoms with Crippen LogP contribution in [-0.4, -0.2) is 79.0 Å². The predicted molar refractivity (Wildman–Crippen MR) is 71.1 cm³/mol. The van der Waals surface area contributed by atoms with E-state index in [2.05, 4.69) is 0 Å². The zero-order valence-corrected chi connectivity index (χ0v) is 11.6. The number of carboxylic acids is 1. The van der Waals surface area contributed by atoms with Gasteiger partial charge in [-0.15, -0.1) is 0 Å². The molecule has 0 amide bonds. The Morgan fingerprint density at radius 2 is 1.65 bits per heavy atom. The third-order valence-electron chi connectivity index (χ3n) is 3.38. The number of phenols is 2. The number of aromatic carboxylic acids is 1. The van der Waals surface area contributed by atoms with Crippen LogP contribution >= 0.6 is 0 Å². The second-order valence-electron chi connectivity index (χ2n) is 4.96. The number of hydrogen-bond acceptors (Lipinski definition) is 9. The lowest BCUT2D eigenvalue weighted by Gasteiger charge is -2.39. The van der Waals surface area contributed by atoms with Crippen LogP contribution in [0.5, 0.6) is 17.2 Å². The summed E-state index contributed by atoms with van der Waals surface area (Å²) in [4.78, 5) is 10.8. The molecule has 1 heterocycles. The summed E-state index contributed by atoms with van der Waals surface area (Å²) in [5.41, 5.74) is -0.402. The van der Waals surface area contributed by atoms with E-state index in [1.165, 1.54) is 0 Å². The molecule has 0 saturated carbocycles. The third-order valence-corrected chi connectivity index (χ3v) is 3.38. The van der Waals surface area contributed by atoms with Gasteiger partial charge in [-0.25, -0.2) is 4.79 Å². The van der Waals surface area contributed by atoms with Gasteiger partial charge in [0.2, 0.25) is 12.0 Å². The zero-order valence-electron chi connectivity index (χ0n) is 11.6. The van der Waals surface area contributed by atoms with Gasteiger partial charge in [0.15, 0.2) is 11.5 Å². The highest BCUT2D eigenvalue weighted by Gasteiger charge is 2.45. The molecule has 0 aromatic heterocycles. The maximum atomic E-state index is 10.8. The number of aromatic hydroxyl groups is 2. The average Bonchev–Trinajstić information content (AvgIpc) is 2.50. The highest BCUT2D eigenvalue weighted by atomic mass is 16.7. The Labute approximate surface area is 129 Å². The van der Waals surface area contributed by atoms with Gasteiger partial charge in [0.25, 0.3) is 0 Å². The minimum atomic E-state index is -1.74. The average molecular weight is 332 g/mol. The summed E-state index contributed by atoms with van der Waals surface area (Å²) >= 11 is 0. The fraction of sp³-hybridized carbons (Fsp3) is 0.462. The summed E-state index contributed by atoms with van der Waals surface area (Å²) in [5.74, 6) is -3.45. The number of carboxylic acid groups (broad SMARTS) is 1. The molecule has 1 saturated heterocycles. The minimum absolute atomic E-state index is 0.402. The minimum Gasteiger partial charge on any atom is -0.504 e. The Morgan fingerprint density at radius 1 is 1.09 bits per heavy atom. The molecule has 7 N–H and O–H groups in total. The van der Waals surface area contributed by atoms with Gasteiger partial charge in [0.1, 0.15) is 24.4 Å². The molecule has 0 bridgehead atoms. The Morgan fingerprint density at radius 3 is 2.13 bits per heavy atom. The fourth-order valence-corrected chi connectivity index (χ4v) is 2.12. The van der Waals surface area contributed by atoms with E-state index in [1.807, 2.05) is 0 Å². The molecule has 128 valence electrons. The first kappa shape index (κ1) is 17.2. The summed E-state index contributed by atoms with van der Waals surface area (Å²) in [6.45, 7) is -0.680. The number of hydrogen-bond donors (Lipinski definition) is 7. The van der Waals surface area contributed by atoms with Crippen molar-refractivity contribution in [3.8, 4) is 17.2 Å². The van der Waals surface area contributed by atoms with Crippen LogP contribution in [-0.2, 0) is 4.74 Å². The molecule has 1 aliphatic rings. The van der Waals surface area contributed by atoms with Crippen molar-refractivity contribution >= 4 is 5.97 Å². The van der Waals surface area contributed by atoms with Crippen LogP contribution in [0.15, 0.2) is 12.1 Å². The Hall–Kier alpha value is -2.11. The smallest absolute Gasteiger partial charge is 0.335 e. The van der Waals surface area contributed by atoms with Crippen molar-refractivity contribution in [2.24, 2.45) is 0 Å². The zero-order chi connectivity index (χ0) is 17.3. The van der Waals surface area contributed by atoms with E-state index < -0.39 is 66.1 Å². The van der Waals surface area contributed by atoms with Crippen LogP contribution < -0.4 is 4.74 Å². The number of benzene rings is 1. The van der Waals surface area contributed by atoms with Gasteiger partial charge in [0, 0.05) is 0 Å². The molecule has 10 nitrogen and oxygen atoms in total. The van der Waals surface area contributed by atoms with Gasteiger partial charge in [0.05, 0.1) is 12.2 Å². The quantitative estimate of drug-likeness (QED) is 0.325. The standard InChI is InChI=1S/C13H16O10/c14-3-7-8(17)9(18)10(19)13(22-7)23-11-5(15)1-4(12(20)21)2-6(11)16/h1-2,7-10,13-19H,3H2,(H,20,21)/t7?,8?,9-,10+,13?/m0/s1. The number of aliphatic hydroxyl groups is 4. The lowest BCUT2D eigenvalue weighted by Crippen LogP contribution is -2.60. The van der Waals surface area contributed by atoms with E-state index in [-0.39, 0.29) is 0 Å². The van der Waals surface area contributed by atoms with Crippen LogP contribution in [0.4, 0.5) is 0 Å². The number of aliphatic hydroxyl groups excluding tert-OH is 4. The van der Waals surface area contributed by atoms with Crippen LogP contribution in [0.2, 0.25) is 0 Å². The molecular weight excluding hydrogens is 316 g/mol. The van der Waals surface area contributed by atoms with Crippen LogP contribution in [0.25, 0.3) is 0 Å². The first-order chi connectivity index (χ1) is 10.8. The monoisotopic (exact) mass is 332 g/mol. The normalized spacial score (nSPS) is 30.9. The van der Waals surface area contributed by atoms with Gasteiger partial charge in [-0.1, -0.05) is 0 Å². The molecule has 0 spiro atoms. The van der Waals surface area contributed by atoms with E-state index in [4.69, 9.17) is 19.7 Å². The van der Waals surface area contributed by atoms with Crippen LogP contribution in [0, 0.1) is 0 Å². The molecule has 0 aliphatic carbocycles. The molecule has 1 aromatic carbocycles. The molecule has 2 rings (SSSR count). The van der Waals surface area contributed by atoms with Gasteiger partial charge >= 0.3 is 5.97 Å². The van der Waals surface area contributed by atoms with Crippen molar-refractivity contribution in [2.45, 2.75) is 30.7 Å². The molecule has 23 heavy (non-hydrogen) atoms. The summed E-state index contributed by atoms with van der Waals surface area (Å²) < 4.78 is 10.1. The first-order valence-electron chi connectivity index (χ1n) is 6.52. The fourth-order valence-electron chi connectivity index (χ4n) is 2.12. The van der Waals surface area contributed by atoms with Gasteiger partial charge in [-0.3, -0.25) is 0 Å². The van der Waals surface area contributed by atoms with Crippen LogP contribution in [0.3, 0.4) is 0 Å². The Kier molecular flexibility index (Phi) is 4.92. The lowest BCUT2D eigenvalue weighted by atomic mass is 9.99. The molecule has 1 aromatic rings. The molecule has 0 radical (unpaired) electrons. The van der Waals surface area contributed by atoms with Gasteiger partial charge < -0.3 is 45.2 Å². The number of rotatable bonds is 4. The van der Waals surface area contributed by atoms with Gasteiger partial charge in [-0.05, 0) is 12.1 Å². The highest BCUT2D eigenvalue weighted by Crippen LogP contribution is 2.39. The predicted octanol–water partition coefficient (Wildman–Crippen LogP) is -2.03. The summed E-state index contributed by atoms with van der Waals surface area (Å²) in [7, 11) is 0. The van der Waals surface area contributed by atoms with Crippen molar-refractivity contribution in [2.75, 3.05) is 6.61 Å². The molecule has 10 heteroatoms. The van der Waals surface area contributed by atoms with Gasteiger partial charge in [-0.2, -0.15) is 0 Å². The summed E-state index contributed by atoms with van der Waals surface area (Å²) in [6, 6.07) is 1.61. The van der Waals surface area contributed by atoms with E-state index in [1.54, 1.807) is 0 Å². The summed E-state index contributed by atoms with van der Waals surface area (Å²) in [6.07, 6.45) is -7.90. The van der Waals surface area contributed by atoms with Crippen molar-refractivity contribution in [1.82, 2.24) is 0 Å².